The van der Waals surface area contributed by atoms with Crippen LogP contribution in [0.1, 0.15) is 30.6 Å². The topological polar surface area (TPSA) is 50.9 Å². The maximum absolute atomic E-state index is 12.4. The molecule has 2 rings (SSSR count). The number of rotatable bonds is 2. The summed E-state index contributed by atoms with van der Waals surface area (Å²) in [4.78, 5) is 3.08. The first-order valence-electron chi connectivity index (χ1n) is 5.50. The second-order valence-corrected chi connectivity index (χ2v) is 5.33. The highest BCUT2D eigenvalue weighted by atomic mass is 32.1. The van der Waals surface area contributed by atoms with E-state index in [0.717, 1.165) is 31.9 Å². The highest BCUT2D eigenvalue weighted by Crippen LogP contribution is 2.35. The van der Waals surface area contributed by atoms with Gasteiger partial charge in [-0.25, -0.2) is 4.98 Å². The summed E-state index contributed by atoms with van der Waals surface area (Å²) >= 11 is 0.647. The van der Waals surface area contributed by atoms with E-state index < -0.39 is 11.1 Å². The lowest BCUT2D eigenvalue weighted by Gasteiger charge is -2.27. The van der Waals surface area contributed by atoms with Gasteiger partial charge in [-0.2, -0.15) is 13.2 Å². The van der Waals surface area contributed by atoms with Gasteiger partial charge in [0.05, 0.1) is 6.20 Å². The molecule has 0 aromatic carbocycles. The van der Waals surface area contributed by atoms with Crippen LogP contribution in [0.2, 0.25) is 0 Å². The summed E-state index contributed by atoms with van der Waals surface area (Å²) in [6, 6.07) is 0.286. The van der Waals surface area contributed by atoms with Crippen molar-refractivity contribution in [2.24, 2.45) is 5.73 Å². The maximum Gasteiger partial charge on any atom is 0.427 e. The third kappa shape index (κ3) is 3.32. The second kappa shape index (κ2) is 4.81. The number of thiazole rings is 1. The molecule has 1 saturated carbocycles. The van der Waals surface area contributed by atoms with Crippen LogP contribution < -0.4 is 11.1 Å². The summed E-state index contributed by atoms with van der Waals surface area (Å²) in [5.74, 6) is 0. The molecule has 0 saturated heterocycles. The molecule has 96 valence electrons. The Morgan fingerprint density at radius 3 is 2.76 bits per heavy atom. The van der Waals surface area contributed by atoms with Gasteiger partial charge >= 0.3 is 6.18 Å². The smallest absolute Gasteiger partial charge is 0.359 e. The Kier molecular flexibility index (Phi) is 3.58. The molecular formula is C10H14F3N3S. The largest absolute Gasteiger partial charge is 0.427 e. The van der Waals surface area contributed by atoms with Gasteiger partial charge in [-0.1, -0.05) is 11.3 Å². The molecule has 0 radical (unpaired) electrons. The third-order valence-corrected chi connectivity index (χ3v) is 3.80. The number of halogens is 3. The first-order valence-corrected chi connectivity index (χ1v) is 6.32. The summed E-state index contributed by atoms with van der Waals surface area (Å²) in [6.07, 6.45) is 0.298. The fourth-order valence-corrected chi connectivity index (χ4v) is 2.77. The van der Waals surface area contributed by atoms with Crippen LogP contribution >= 0.6 is 11.3 Å². The van der Waals surface area contributed by atoms with Crippen molar-refractivity contribution in [2.45, 2.75) is 43.9 Å². The number of nitrogens with two attached hydrogens (primary N) is 1. The number of anilines is 1. The van der Waals surface area contributed by atoms with Gasteiger partial charge in [-0.05, 0) is 25.7 Å². The van der Waals surface area contributed by atoms with E-state index in [4.69, 9.17) is 5.73 Å². The van der Waals surface area contributed by atoms with Gasteiger partial charge in [-0.3, -0.25) is 0 Å². The number of hydrogen-bond donors (Lipinski definition) is 2. The molecule has 0 amide bonds. The number of nitrogens with zero attached hydrogens (tertiary/aromatic N) is 1. The molecule has 7 heteroatoms. The molecule has 2 atom stereocenters. The minimum absolute atomic E-state index is 0.142. The normalized spacial score (nSPS) is 25.9. The number of hydrogen-bond acceptors (Lipinski definition) is 4. The molecule has 1 aliphatic rings. The number of aromatic nitrogens is 1. The molecule has 1 heterocycles. The van der Waals surface area contributed by atoms with Crippen LogP contribution in [0, 0.1) is 0 Å². The van der Waals surface area contributed by atoms with E-state index in [2.05, 4.69) is 10.3 Å². The van der Waals surface area contributed by atoms with Crippen molar-refractivity contribution in [1.82, 2.24) is 4.98 Å². The SMILES string of the molecule is N[C@H]1CCC[C@@H](Nc2ncc(C(F)(F)F)s2)C1. The number of alkyl halides is 3. The minimum atomic E-state index is -4.30. The second-order valence-electron chi connectivity index (χ2n) is 4.30. The predicted molar refractivity (Wildman–Crippen MR) is 61.0 cm³/mol. The van der Waals surface area contributed by atoms with Crippen LogP contribution in [0.25, 0.3) is 0 Å². The summed E-state index contributed by atoms with van der Waals surface area (Å²) in [5, 5.41) is 3.36. The van der Waals surface area contributed by atoms with Crippen LogP contribution in [0.15, 0.2) is 6.20 Å². The zero-order valence-electron chi connectivity index (χ0n) is 9.13. The fourth-order valence-electron chi connectivity index (χ4n) is 2.01. The quantitative estimate of drug-likeness (QED) is 0.864. The van der Waals surface area contributed by atoms with Crippen LogP contribution in [0.5, 0.6) is 0 Å². The lowest BCUT2D eigenvalue weighted by atomic mass is 9.92. The zero-order chi connectivity index (χ0) is 12.5. The van der Waals surface area contributed by atoms with Crippen molar-refractivity contribution in [1.29, 1.82) is 0 Å². The van der Waals surface area contributed by atoms with Gasteiger partial charge in [0.2, 0.25) is 0 Å². The highest BCUT2D eigenvalue weighted by molar-refractivity contribution is 7.15. The molecule has 0 aliphatic heterocycles. The van der Waals surface area contributed by atoms with Gasteiger partial charge in [0, 0.05) is 12.1 Å². The van der Waals surface area contributed by atoms with E-state index in [9.17, 15) is 13.2 Å². The lowest BCUT2D eigenvalue weighted by Crippen LogP contribution is -2.34. The van der Waals surface area contributed by atoms with Crippen molar-refractivity contribution in [2.75, 3.05) is 5.32 Å². The fraction of sp³-hybridized carbons (Fsp3) is 0.700. The Bertz CT molecular complexity index is 377. The van der Waals surface area contributed by atoms with Crippen LogP contribution in [0.4, 0.5) is 18.3 Å². The summed E-state index contributed by atoms with van der Waals surface area (Å²) < 4.78 is 37.1. The van der Waals surface area contributed by atoms with Crippen molar-refractivity contribution in [3.63, 3.8) is 0 Å². The molecular weight excluding hydrogens is 251 g/mol. The molecule has 1 aliphatic carbocycles. The van der Waals surface area contributed by atoms with Gasteiger partial charge in [-0.15, -0.1) is 0 Å². The van der Waals surface area contributed by atoms with E-state index in [1.807, 2.05) is 0 Å². The van der Waals surface area contributed by atoms with Gasteiger partial charge in [0.25, 0.3) is 0 Å². The Hall–Kier alpha value is -0.820. The number of nitrogens with one attached hydrogen (secondary N) is 1. The molecule has 17 heavy (non-hydrogen) atoms. The van der Waals surface area contributed by atoms with Crippen molar-refractivity contribution in [3.05, 3.63) is 11.1 Å². The Morgan fingerprint density at radius 1 is 1.41 bits per heavy atom. The van der Waals surface area contributed by atoms with E-state index in [-0.39, 0.29) is 12.1 Å². The van der Waals surface area contributed by atoms with E-state index >= 15 is 0 Å². The van der Waals surface area contributed by atoms with Crippen molar-refractivity contribution < 1.29 is 13.2 Å². The lowest BCUT2D eigenvalue weighted by molar-refractivity contribution is -0.134. The third-order valence-electron chi connectivity index (χ3n) is 2.83. The standard InChI is InChI=1S/C10H14F3N3S/c11-10(12,13)8-5-15-9(17-8)16-7-3-1-2-6(14)4-7/h5-7H,1-4,14H2,(H,15,16)/t6-,7+/m0/s1. The molecule has 3 N–H and O–H groups in total. The van der Waals surface area contributed by atoms with Gasteiger partial charge < -0.3 is 11.1 Å². The Balaban J connectivity index is 1.97. The maximum atomic E-state index is 12.4. The van der Waals surface area contributed by atoms with Crippen molar-refractivity contribution in [3.8, 4) is 0 Å². The molecule has 3 nitrogen and oxygen atoms in total. The van der Waals surface area contributed by atoms with Crippen LogP contribution in [0.3, 0.4) is 0 Å². The van der Waals surface area contributed by atoms with E-state index in [1.54, 1.807) is 0 Å². The highest BCUT2D eigenvalue weighted by Gasteiger charge is 2.33. The molecule has 0 bridgehead atoms. The summed E-state index contributed by atoms with van der Waals surface area (Å²) in [6.45, 7) is 0. The summed E-state index contributed by atoms with van der Waals surface area (Å²) in [7, 11) is 0. The van der Waals surface area contributed by atoms with Crippen molar-refractivity contribution >= 4 is 16.5 Å². The molecule has 1 fully saturated rings. The van der Waals surface area contributed by atoms with Crippen LogP contribution in [-0.2, 0) is 6.18 Å². The molecule has 1 aromatic rings. The van der Waals surface area contributed by atoms with E-state index in [1.165, 1.54) is 0 Å². The van der Waals surface area contributed by atoms with E-state index in [0.29, 0.717) is 16.5 Å². The first-order chi connectivity index (χ1) is 7.95. The first kappa shape index (κ1) is 12.6. The molecule has 0 unspecified atom stereocenters. The Morgan fingerprint density at radius 2 is 2.18 bits per heavy atom. The monoisotopic (exact) mass is 265 g/mol. The zero-order valence-corrected chi connectivity index (χ0v) is 9.94. The average molecular weight is 265 g/mol. The minimum Gasteiger partial charge on any atom is -0.359 e. The predicted octanol–water partition coefficient (Wildman–Crippen LogP) is 2.84. The van der Waals surface area contributed by atoms with Crippen LogP contribution in [-0.4, -0.2) is 17.1 Å². The van der Waals surface area contributed by atoms with Gasteiger partial charge in [0.15, 0.2) is 5.13 Å². The average Bonchev–Trinajstić information content (AvgIpc) is 2.65. The summed E-state index contributed by atoms with van der Waals surface area (Å²) in [5.41, 5.74) is 5.82. The molecule has 1 aromatic heterocycles. The Labute approximate surface area is 101 Å². The molecule has 0 spiro atoms. The van der Waals surface area contributed by atoms with Gasteiger partial charge in [0.1, 0.15) is 4.88 Å².